The van der Waals surface area contributed by atoms with E-state index in [4.69, 9.17) is 4.74 Å². The summed E-state index contributed by atoms with van der Waals surface area (Å²) < 4.78 is 5.02. The van der Waals surface area contributed by atoms with Crippen molar-refractivity contribution in [2.24, 2.45) is 11.8 Å². The molecule has 0 bridgehead atoms. The molecule has 3 atom stereocenters. The van der Waals surface area contributed by atoms with E-state index in [0.29, 0.717) is 0 Å². The summed E-state index contributed by atoms with van der Waals surface area (Å²) in [6.07, 6.45) is 4.06. The summed E-state index contributed by atoms with van der Waals surface area (Å²) in [6.45, 7) is 6.58. The Labute approximate surface area is 82.0 Å². The Bertz CT molecular complexity index is 138. The van der Waals surface area contributed by atoms with Gasteiger partial charge in [0.15, 0.2) is 0 Å². The van der Waals surface area contributed by atoms with E-state index in [0.717, 1.165) is 31.0 Å². The predicted octanol–water partition coefficient (Wildman–Crippen LogP) is 2.05. The van der Waals surface area contributed by atoms with Crippen molar-refractivity contribution < 1.29 is 4.74 Å². The number of ether oxygens (including phenoxy) is 1. The number of rotatable bonds is 4. The highest BCUT2D eigenvalue weighted by Gasteiger charge is 2.23. The van der Waals surface area contributed by atoms with Crippen LogP contribution >= 0.6 is 0 Å². The van der Waals surface area contributed by atoms with E-state index in [2.05, 4.69) is 19.2 Å². The molecule has 0 spiro atoms. The molecule has 1 saturated carbocycles. The van der Waals surface area contributed by atoms with Crippen LogP contribution in [0.15, 0.2) is 0 Å². The Balaban J connectivity index is 2.14. The number of hydrogen-bond acceptors (Lipinski definition) is 2. The molecule has 2 heteroatoms. The minimum Gasteiger partial charge on any atom is -0.383 e. The third-order valence-electron chi connectivity index (χ3n) is 3.34. The minimum atomic E-state index is 0.737. The first kappa shape index (κ1) is 11.0. The van der Waals surface area contributed by atoms with Crippen LogP contribution in [0.2, 0.25) is 0 Å². The summed E-state index contributed by atoms with van der Waals surface area (Å²) >= 11 is 0. The van der Waals surface area contributed by atoms with Crippen molar-refractivity contribution in [3.63, 3.8) is 0 Å². The Hall–Kier alpha value is -0.0800. The van der Waals surface area contributed by atoms with E-state index < -0.39 is 0 Å². The molecule has 1 aliphatic rings. The fourth-order valence-corrected chi connectivity index (χ4v) is 2.10. The van der Waals surface area contributed by atoms with Crippen LogP contribution in [0.1, 0.15) is 33.1 Å². The second kappa shape index (κ2) is 5.61. The van der Waals surface area contributed by atoms with Crippen molar-refractivity contribution in [3.05, 3.63) is 0 Å². The molecule has 0 amide bonds. The highest BCUT2D eigenvalue weighted by molar-refractivity contribution is 4.79. The van der Waals surface area contributed by atoms with Crippen LogP contribution in [-0.2, 0) is 4.74 Å². The summed E-state index contributed by atoms with van der Waals surface area (Å²) in [5.74, 6) is 1.80. The molecule has 0 aliphatic heterocycles. The van der Waals surface area contributed by atoms with Gasteiger partial charge in [-0.3, -0.25) is 0 Å². The SMILES string of the molecule is COCCN[C@@H]1CC[C@@H](C)[C@@H](C)C1. The molecule has 1 aliphatic carbocycles. The third kappa shape index (κ3) is 3.65. The van der Waals surface area contributed by atoms with E-state index in [1.54, 1.807) is 7.11 Å². The topological polar surface area (TPSA) is 21.3 Å². The highest BCUT2D eigenvalue weighted by atomic mass is 16.5. The van der Waals surface area contributed by atoms with Crippen molar-refractivity contribution in [1.82, 2.24) is 5.32 Å². The first-order chi connectivity index (χ1) is 6.24. The molecule has 13 heavy (non-hydrogen) atoms. The number of methoxy groups -OCH3 is 1. The largest absolute Gasteiger partial charge is 0.383 e. The van der Waals surface area contributed by atoms with Crippen LogP contribution in [0.5, 0.6) is 0 Å². The van der Waals surface area contributed by atoms with Gasteiger partial charge in [-0.15, -0.1) is 0 Å². The van der Waals surface area contributed by atoms with Gasteiger partial charge in [0.05, 0.1) is 6.61 Å². The molecule has 0 radical (unpaired) electrons. The van der Waals surface area contributed by atoms with Gasteiger partial charge in [-0.1, -0.05) is 13.8 Å². The lowest BCUT2D eigenvalue weighted by molar-refractivity contribution is 0.178. The number of nitrogens with one attached hydrogen (secondary N) is 1. The smallest absolute Gasteiger partial charge is 0.0587 e. The molecule has 1 N–H and O–H groups in total. The van der Waals surface area contributed by atoms with Gasteiger partial charge in [0.1, 0.15) is 0 Å². The Morgan fingerprint density at radius 1 is 1.23 bits per heavy atom. The summed E-state index contributed by atoms with van der Waals surface area (Å²) in [4.78, 5) is 0. The van der Waals surface area contributed by atoms with Gasteiger partial charge >= 0.3 is 0 Å². The fourth-order valence-electron chi connectivity index (χ4n) is 2.10. The first-order valence-electron chi connectivity index (χ1n) is 5.46. The van der Waals surface area contributed by atoms with Gasteiger partial charge in [-0.2, -0.15) is 0 Å². The average molecular weight is 185 g/mol. The van der Waals surface area contributed by atoms with E-state index in [9.17, 15) is 0 Å². The van der Waals surface area contributed by atoms with E-state index in [-0.39, 0.29) is 0 Å². The zero-order valence-corrected chi connectivity index (χ0v) is 9.18. The Kier molecular flexibility index (Phi) is 4.74. The second-order valence-corrected chi connectivity index (χ2v) is 4.41. The van der Waals surface area contributed by atoms with Gasteiger partial charge in [-0.25, -0.2) is 0 Å². The average Bonchev–Trinajstić information content (AvgIpc) is 2.12. The summed E-state index contributed by atoms with van der Waals surface area (Å²) in [5.41, 5.74) is 0. The maximum absolute atomic E-state index is 5.02. The number of hydrogen-bond donors (Lipinski definition) is 1. The van der Waals surface area contributed by atoms with Crippen LogP contribution in [-0.4, -0.2) is 26.3 Å². The Morgan fingerprint density at radius 2 is 2.00 bits per heavy atom. The second-order valence-electron chi connectivity index (χ2n) is 4.41. The maximum Gasteiger partial charge on any atom is 0.0587 e. The molecular weight excluding hydrogens is 162 g/mol. The molecular formula is C11H23NO. The van der Waals surface area contributed by atoms with Crippen LogP contribution < -0.4 is 5.32 Å². The van der Waals surface area contributed by atoms with Gasteiger partial charge in [-0.05, 0) is 31.1 Å². The van der Waals surface area contributed by atoms with Crippen molar-refractivity contribution in [3.8, 4) is 0 Å². The van der Waals surface area contributed by atoms with Crippen LogP contribution in [0.25, 0.3) is 0 Å². The molecule has 1 fully saturated rings. The van der Waals surface area contributed by atoms with Crippen LogP contribution in [0, 0.1) is 11.8 Å². The standard InChI is InChI=1S/C11H23NO/c1-9-4-5-11(8-10(9)2)12-6-7-13-3/h9-12H,4-8H2,1-3H3/t9-,10+,11-/m1/s1. The molecule has 0 saturated heterocycles. The molecule has 0 unspecified atom stereocenters. The van der Waals surface area contributed by atoms with Crippen molar-refractivity contribution in [2.45, 2.75) is 39.2 Å². The predicted molar refractivity (Wildman–Crippen MR) is 55.8 cm³/mol. The maximum atomic E-state index is 5.02. The van der Waals surface area contributed by atoms with E-state index in [1.807, 2.05) is 0 Å². The summed E-state index contributed by atoms with van der Waals surface area (Å²) in [5, 5.41) is 3.55. The van der Waals surface area contributed by atoms with Gasteiger partial charge in [0.2, 0.25) is 0 Å². The zero-order valence-electron chi connectivity index (χ0n) is 9.18. The van der Waals surface area contributed by atoms with Crippen molar-refractivity contribution >= 4 is 0 Å². The minimum absolute atomic E-state index is 0.737. The van der Waals surface area contributed by atoms with E-state index >= 15 is 0 Å². The van der Waals surface area contributed by atoms with Crippen molar-refractivity contribution in [1.29, 1.82) is 0 Å². The lowest BCUT2D eigenvalue weighted by Gasteiger charge is -2.32. The van der Waals surface area contributed by atoms with Crippen LogP contribution in [0.4, 0.5) is 0 Å². The van der Waals surface area contributed by atoms with Gasteiger partial charge < -0.3 is 10.1 Å². The first-order valence-corrected chi connectivity index (χ1v) is 5.46. The summed E-state index contributed by atoms with van der Waals surface area (Å²) in [7, 11) is 1.76. The third-order valence-corrected chi connectivity index (χ3v) is 3.34. The molecule has 0 aromatic rings. The van der Waals surface area contributed by atoms with Crippen molar-refractivity contribution in [2.75, 3.05) is 20.3 Å². The normalized spacial score (nSPS) is 34.8. The lowest BCUT2D eigenvalue weighted by atomic mass is 9.79. The van der Waals surface area contributed by atoms with Crippen LogP contribution in [0.3, 0.4) is 0 Å². The molecule has 2 nitrogen and oxygen atoms in total. The molecule has 1 rings (SSSR count). The zero-order chi connectivity index (χ0) is 9.68. The van der Waals surface area contributed by atoms with Gasteiger partial charge in [0, 0.05) is 19.7 Å². The summed E-state index contributed by atoms with van der Waals surface area (Å²) in [6, 6.07) is 0.737. The fraction of sp³-hybridized carbons (Fsp3) is 1.00. The van der Waals surface area contributed by atoms with E-state index in [1.165, 1.54) is 19.3 Å². The molecule has 0 aromatic carbocycles. The van der Waals surface area contributed by atoms with Gasteiger partial charge in [0.25, 0.3) is 0 Å². The molecule has 0 heterocycles. The Morgan fingerprint density at radius 3 is 2.62 bits per heavy atom. The lowest BCUT2D eigenvalue weighted by Crippen LogP contribution is -2.37. The quantitative estimate of drug-likeness (QED) is 0.677. The monoisotopic (exact) mass is 185 g/mol. The highest BCUT2D eigenvalue weighted by Crippen LogP contribution is 2.29. The molecule has 0 aromatic heterocycles. The molecule has 78 valence electrons.